The molecule has 1 aliphatic rings. The van der Waals surface area contributed by atoms with Crippen molar-refractivity contribution in [2.45, 2.75) is 42.0 Å². The van der Waals surface area contributed by atoms with Gasteiger partial charge in [0.1, 0.15) is 0 Å². The minimum atomic E-state index is -4.06. The van der Waals surface area contributed by atoms with Crippen LogP contribution in [0, 0.1) is 10.1 Å². The Morgan fingerprint density at radius 1 is 1.03 bits per heavy atom. The van der Waals surface area contributed by atoms with Gasteiger partial charge in [-0.1, -0.05) is 12.5 Å². The molecule has 1 aliphatic heterocycles. The minimum absolute atomic E-state index is 0.0826. The lowest BCUT2D eigenvalue weighted by Crippen LogP contribution is -2.41. The van der Waals surface area contributed by atoms with Gasteiger partial charge in [-0.25, -0.2) is 16.8 Å². The van der Waals surface area contributed by atoms with Crippen molar-refractivity contribution in [3.63, 3.8) is 0 Å². The molecule has 9 nitrogen and oxygen atoms in total. The number of nitro benzene ring substituents is 1. The predicted octanol–water partition coefficient (Wildman–Crippen LogP) is 2.96. The van der Waals surface area contributed by atoms with Crippen LogP contribution in [-0.2, 0) is 20.0 Å². The molecule has 1 atom stereocenters. The summed E-state index contributed by atoms with van der Waals surface area (Å²) in [6.07, 6.45) is 2.61. The average molecular weight is 440 g/mol. The molecule has 0 bridgehead atoms. The first-order valence-corrected chi connectivity index (χ1v) is 11.9. The molecule has 11 heteroatoms. The zero-order valence-corrected chi connectivity index (χ0v) is 17.3. The summed E-state index contributed by atoms with van der Waals surface area (Å²) in [4.78, 5) is 10.0. The van der Waals surface area contributed by atoms with E-state index in [1.165, 1.54) is 46.8 Å². The van der Waals surface area contributed by atoms with Crippen LogP contribution in [0.3, 0.4) is 0 Å². The zero-order chi connectivity index (χ0) is 21.2. The second-order valence-electron chi connectivity index (χ2n) is 6.84. The number of hydrogen-bond acceptors (Lipinski definition) is 6. The van der Waals surface area contributed by atoms with Crippen LogP contribution in [0.4, 0.5) is 11.4 Å². The third-order valence-electron chi connectivity index (χ3n) is 4.79. The number of sulfonamides is 2. The first kappa shape index (κ1) is 21.2. The van der Waals surface area contributed by atoms with E-state index in [1.807, 2.05) is 6.92 Å². The van der Waals surface area contributed by atoms with Gasteiger partial charge in [0.2, 0.25) is 10.0 Å². The number of nitro groups is 1. The second-order valence-corrected chi connectivity index (χ2v) is 10.4. The van der Waals surface area contributed by atoms with Crippen molar-refractivity contribution < 1.29 is 21.8 Å². The first-order chi connectivity index (χ1) is 13.6. The highest BCUT2D eigenvalue weighted by Gasteiger charge is 2.30. The molecule has 1 saturated heterocycles. The number of benzene rings is 2. The Kier molecular flexibility index (Phi) is 5.92. The molecule has 0 saturated carbocycles. The molecule has 0 amide bonds. The maximum Gasteiger partial charge on any atom is 0.270 e. The van der Waals surface area contributed by atoms with Gasteiger partial charge in [-0.15, -0.1) is 0 Å². The number of rotatable bonds is 6. The Morgan fingerprint density at radius 2 is 1.72 bits per heavy atom. The largest absolute Gasteiger partial charge is 0.280 e. The summed E-state index contributed by atoms with van der Waals surface area (Å²) in [5, 5.41) is 10.9. The van der Waals surface area contributed by atoms with Gasteiger partial charge in [0.25, 0.3) is 15.7 Å². The smallest absolute Gasteiger partial charge is 0.270 e. The summed E-state index contributed by atoms with van der Waals surface area (Å²) in [6, 6.07) is 10.0. The number of hydrogen-bond donors (Lipinski definition) is 1. The van der Waals surface area contributed by atoms with Gasteiger partial charge in [0.05, 0.1) is 14.7 Å². The number of nitrogens with one attached hydrogen (secondary N) is 1. The number of anilines is 1. The van der Waals surface area contributed by atoms with E-state index in [0.29, 0.717) is 6.54 Å². The fourth-order valence-electron chi connectivity index (χ4n) is 3.24. The van der Waals surface area contributed by atoms with Crippen LogP contribution in [0.1, 0.15) is 26.2 Å². The van der Waals surface area contributed by atoms with E-state index in [1.54, 1.807) is 0 Å². The number of non-ortho nitro benzene ring substituents is 1. The van der Waals surface area contributed by atoms with E-state index in [-0.39, 0.29) is 27.2 Å². The maximum atomic E-state index is 12.8. The van der Waals surface area contributed by atoms with E-state index >= 15 is 0 Å². The van der Waals surface area contributed by atoms with Gasteiger partial charge in [-0.2, -0.15) is 4.31 Å². The molecule has 1 heterocycles. The summed E-state index contributed by atoms with van der Waals surface area (Å²) in [5.74, 6) is 0. The Morgan fingerprint density at radius 3 is 2.34 bits per heavy atom. The average Bonchev–Trinajstić information content (AvgIpc) is 2.68. The molecule has 1 unspecified atom stereocenters. The summed E-state index contributed by atoms with van der Waals surface area (Å²) >= 11 is 0. The summed E-state index contributed by atoms with van der Waals surface area (Å²) < 4.78 is 54.4. The molecule has 2 aromatic carbocycles. The molecule has 3 rings (SSSR count). The molecule has 29 heavy (non-hydrogen) atoms. The summed E-state index contributed by atoms with van der Waals surface area (Å²) in [5.41, 5.74) is -0.188. The molecular formula is C18H21N3O6S2. The number of nitrogens with zero attached hydrogens (tertiary/aromatic N) is 2. The first-order valence-electron chi connectivity index (χ1n) is 9.00. The van der Waals surface area contributed by atoms with Gasteiger partial charge >= 0.3 is 0 Å². The monoisotopic (exact) mass is 439 g/mol. The van der Waals surface area contributed by atoms with Crippen molar-refractivity contribution in [3.8, 4) is 0 Å². The molecule has 2 aromatic rings. The molecule has 1 N–H and O–H groups in total. The molecule has 0 radical (unpaired) electrons. The van der Waals surface area contributed by atoms with Crippen LogP contribution in [0.5, 0.6) is 0 Å². The van der Waals surface area contributed by atoms with E-state index in [9.17, 15) is 26.9 Å². The van der Waals surface area contributed by atoms with E-state index in [0.717, 1.165) is 25.3 Å². The van der Waals surface area contributed by atoms with Gasteiger partial charge in [-0.05, 0) is 50.1 Å². The van der Waals surface area contributed by atoms with Crippen LogP contribution in [-0.4, -0.2) is 38.7 Å². The Balaban J connectivity index is 1.81. The van der Waals surface area contributed by atoms with Crippen LogP contribution in [0.2, 0.25) is 0 Å². The van der Waals surface area contributed by atoms with Gasteiger partial charge in [0, 0.05) is 30.4 Å². The predicted molar refractivity (Wildman–Crippen MR) is 108 cm³/mol. The second kappa shape index (κ2) is 8.09. The standard InChI is InChI=1S/C18H21N3O6S2/c1-14-5-2-3-12-20(14)29(26,27)17-10-8-15(9-11-17)19-28(24,25)18-7-4-6-16(13-18)21(22)23/h4,6-11,13-14,19H,2-3,5,12H2,1H3. The van der Waals surface area contributed by atoms with E-state index < -0.39 is 25.0 Å². The highest BCUT2D eigenvalue weighted by atomic mass is 32.2. The molecule has 0 aliphatic carbocycles. The maximum absolute atomic E-state index is 12.8. The van der Waals surface area contributed by atoms with Crippen molar-refractivity contribution in [1.82, 2.24) is 4.31 Å². The van der Waals surface area contributed by atoms with E-state index in [4.69, 9.17) is 0 Å². The summed E-state index contributed by atoms with van der Waals surface area (Å²) in [6.45, 7) is 2.34. The molecule has 156 valence electrons. The van der Waals surface area contributed by atoms with E-state index in [2.05, 4.69) is 4.72 Å². The molecular weight excluding hydrogens is 418 g/mol. The lowest BCUT2D eigenvalue weighted by molar-refractivity contribution is -0.385. The van der Waals surface area contributed by atoms with Gasteiger partial charge in [0.15, 0.2) is 0 Å². The molecule has 0 spiro atoms. The van der Waals surface area contributed by atoms with Crippen LogP contribution in [0.25, 0.3) is 0 Å². The third kappa shape index (κ3) is 4.57. The van der Waals surface area contributed by atoms with Crippen molar-refractivity contribution in [2.24, 2.45) is 0 Å². The van der Waals surface area contributed by atoms with Crippen molar-refractivity contribution in [2.75, 3.05) is 11.3 Å². The van der Waals surface area contributed by atoms with Crippen molar-refractivity contribution >= 4 is 31.4 Å². The molecule has 1 fully saturated rings. The molecule has 0 aromatic heterocycles. The fraction of sp³-hybridized carbons (Fsp3) is 0.333. The fourth-order valence-corrected chi connectivity index (χ4v) is 6.03. The summed E-state index contributed by atoms with van der Waals surface area (Å²) in [7, 11) is -7.72. The van der Waals surface area contributed by atoms with Crippen LogP contribution in [0.15, 0.2) is 58.3 Å². The lowest BCUT2D eigenvalue weighted by atomic mass is 10.1. The van der Waals surface area contributed by atoms with Crippen LogP contribution < -0.4 is 4.72 Å². The van der Waals surface area contributed by atoms with Gasteiger partial charge in [-0.3, -0.25) is 14.8 Å². The highest BCUT2D eigenvalue weighted by molar-refractivity contribution is 7.92. The Labute approximate surface area is 169 Å². The van der Waals surface area contributed by atoms with Crippen LogP contribution >= 0.6 is 0 Å². The quantitative estimate of drug-likeness (QED) is 0.545. The third-order valence-corrected chi connectivity index (χ3v) is 8.20. The van der Waals surface area contributed by atoms with Crippen molar-refractivity contribution in [1.29, 1.82) is 0 Å². The Hall–Kier alpha value is -2.50. The number of piperidine rings is 1. The zero-order valence-electron chi connectivity index (χ0n) is 15.7. The van der Waals surface area contributed by atoms with Gasteiger partial charge < -0.3 is 0 Å². The highest BCUT2D eigenvalue weighted by Crippen LogP contribution is 2.27. The SMILES string of the molecule is CC1CCCCN1S(=O)(=O)c1ccc(NS(=O)(=O)c2cccc([N+](=O)[O-])c2)cc1. The Bertz CT molecular complexity index is 1110. The lowest BCUT2D eigenvalue weighted by Gasteiger charge is -2.32. The van der Waals surface area contributed by atoms with Crippen molar-refractivity contribution in [3.05, 3.63) is 58.6 Å². The minimum Gasteiger partial charge on any atom is -0.280 e. The topological polar surface area (TPSA) is 127 Å². The normalized spacial score (nSPS) is 18.3.